The summed E-state index contributed by atoms with van der Waals surface area (Å²) in [5.41, 5.74) is 0.0134. The molecule has 2 fully saturated rings. The van der Waals surface area contributed by atoms with Crippen LogP contribution in [0.2, 0.25) is 0 Å². The number of amides is 2. The summed E-state index contributed by atoms with van der Waals surface area (Å²) >= 11 is 0. The SMILES string of the molecule is O=C1NC[C@H]2N1CC[C@@]2(O)c1ccccc1. The van der Waals surface area contributed by atoms with Crippen molar-refractivity contribution in [3.8, 4) is 0 Å². The molecule has 1 aromatic rings. The van der Waals surface area contributed by atoms with Gasteiger partial charge in [0.25, 0.3) is 0 Å². The van der Waals surface area contributed by atoms with E-state index in [2.05, 4.69) is 5.32 Å². The van der Waals surface area contributed by atoms with E-state index in [0.717, 1.165) is 5.56 Å². The Morgan fingerprint density at radius 3 is 2.88 bits per heavy atom. The summed E-state index contributed by atoms with van der Waals surface area (Å²) in [5.74, 6) is 0. The number of carbonyl (C=O) groups excluding carboxylic acids is 1. The fourth-order valence-corrected chi connectivity index (χ4v) is 2.74. The smallest absolute Gasteiger partial charge is 0.317 e. The van der Waals surface area contributed by atoms with Gasteiger partial charge in [-0.05, 0) is 5.56 Å². The van der Waals surface area contributed by atoms with Crippen molar-refractivity contribution in [2.24, 2.45) is 0 Å². The molecular weight excluding hydrogens is 204 g/mol. The molecule has 2 amide bonds. The van der Waals surface area contributed by atoms with Gasteiger partial charge in [0.15, 0.2) is 0 Å². The van der Waals surface area contributed by atoms with E-state index in [1.807, 2.05) is 30.3 Å². The Hall–Kier alpha value is -1.55. The number of nitrogens with zero attached hydrogens (tertiary/aromatic N) is 1. The Balaban J connectivity index is 1.98. The first kappa shape index (κ1) is 9.66. The Bertz CT molecular complexity index is 420. The molecule has 0 spiro atoms. The molecule has 0 aromatic heterocycles. The van der Waals surface area contributed by atoms with Crippen molar-refractivity contribution in [1.82, 2.24) is 10.2 Å². The highest BCUT2D eigenvalue weighted by molar-refractivity contribution is 5.77. The second-order valence-electron chi connectivity index (χ2n) is 4.44. The van der Waals surface area contributed by atoms with E-state index < -0.39 is 5.60 Å². The minimum absolute atomic E-state index is 0.0585. The van der Waals surface area contributed by atoms with Crippen LogP contribution in [-0.2, 0) is 5.60 Å². The number of hydrogen-bond acceptors (Lipinski definition) is 2. The summed E-state index contributed by atoms with van der Waals surface area (Å²) in [6, 6.07) is 9.43. The van der Waals surface area contributed by atoms with E-state index in [9.17, 15) is 9.90 Å². The van der Waals surface area contributed by atoms with Gasteiger partial charge in [-0.3, -0.25) is 0 Å². The highest BCUT2D eigenvalue weighted by Crippen LogP contribution is 2.39. The number of carbonyl (C=O) groups is 1. The van der Waals surface area contributed by atoms with Gasteiger partial charge < -0.3 is 15.3 Å². The first-order chi connectivity index (χ1) is 7.72. The van der Waals surface area contributed by atoms with Gasteiger partial charge >= 0.3 is 6.03 Å². The van der Waals surface area contributed by atoms with Crippen molar-refractivity contribution in [1.29, 1.82) is 0 Å². The van der Waals surface area contributed by atoms with Crippen LogP contribution in [0.15, 0.2) is 30.3 Å². The van der Waals surface area contributed by atoms with E-state index in [1.54, 1.807) is 4.90 Å². The lowest BCUT2D eigenvalue weighted by molar-refractivity contribution is 0.0163. The van der Waals surface area contributed by atoms with Crippen LogP contribution in [0.1, 0.15) is 12.0 Å². The Kier molecular flexibility index (Phi) is 1.94. The van der Waals surface area contributed by atoms with E-state index in [-0.39, 0.29) is 12.1 Å². The number of hydrogen-bond donors (Lipinski definition) is 2. The van der Waals surface area contributed by atoms with Crippen molar-refractivity contribution >= 4 is 6.03 Å². The highest BCUT2D eigenvalue weighted by Gasteiger charge is 2.51. The molecule has 16 heavy (non-hydrogen) atoms. The second-order valence-corrected chi connectivity index (χ2v) is 4.44. The normalized spacial score (nSPS) is 32.7. The molecule has 84 valence electrons. The molecule has 4 heteroatoms. The van der Waals surface area contributed by atoms with E-state index >= 15 is 0 Å². The van der Waals surface area contributed by atoms with Crippen LogP contribution in [0.25, 0.3) is 0 Å². The third-order valence-corrected chi connectivity index (χ3v) is 3.64. The summed E-state index contributed by atoms with van der Waals surface area (Å²) < 4.78 is 0. The van der Waals surface area contributed by atoms with Crippen LogP contribution in [0.4, 0.5) is 4.79 Å². The molecule has 2 heterocycles. The molecule has 2 saturated heterocycles. The maximum absolute atomic E-state index is 11.5. The van der Waals surface area contributed by atoms with Crippen molar-refractivity contribution in [3.05, 3.63) is 35.9 Å². The minimum atomic E-state index is -0.888. The van der Waals surface area contributed by atoms with Crippen LogP contribution < -0.4 is 5.32 Å². The molecule has 2 N–H and O–H groups in total. The Labute approximate surface area is 93.9 Å². The monoisotopic (exact) mass is 218 g/mol. The molecule has 0 radical (unpaired) electrons. The van der Waals surface area contributed by atoms with Crippen LogP contribution in [0.3, 0.4) is 0 Å². The van der Waals surface area contributed by atoms with Gasteiger partial charge in [0.1, 0.15) is 5.60 Å². The second kappa shape index (κ2) is 3.22. The maximum Gasteiger partial charge on any atom is 0.317 e. The fourth-order valence-electron chi connectivity index (χ4n) is 2.74. The van der Waals surface area contributed by atoms with Crippen molar-refractivity contribution in [2.75, 3.05) is 13.1 Å². The molecular formula is C12H14N2O2. The lowest BCUT2D eigenvalue weighted by Crippen LogP contribution is -2.41. The number of nitrogens with one attached hydrogen (secondary N) is 1. The zero-order valence-electron chi connectivity index (χ0n) is 8.89. The molecule has 2 atom stereocenters. The first-order valence-corrected chi connectivity index (χ1v) is 5.54. The molecule has 0 unspecified atom stereocenters. The van der Waals surface area contributed by atoms with Gasteiger partial charge in [0.2, 0.25) is 0 Å². The number of aliphatic hydroxyl groups is 1. The summed E-state index contributed by atoms with van der Waals surface area (Å²) in [6.45, 7) is 1.16. The topological polar surface area (TPSA) is 52.6 Å². The average Bonchev–Trinajstić information content (AvgIpc) is 2.84. The molecule has 4 nitrogen and oxygen atoms in total. The van der Waals surface area contributed by atoms with Gasteiger partial charge in [0, 0.05) is 19.5 Å². The van der Waals surface area contributed by atoms with Gasteiger partial charge in [-0.2, -0.15) is 0 Å². The minimum Gasteiger partial charge on any atom is -0.383 e. The summed E-state index contributed by atoms with van der Waals surface area (Å²) in [4.78, 5) is 13.2. The predicted molar refractivity (Wildman–Crippen MR) is 58.8 cm³/mol. The summed E-state index contributed by atoms with van der Waals surface area (Å²) in [7, 11) is 0. The van der Waals surface area contributed by atoms with Crippen molar-refractivity contribution < 1.29 is 9.90 Å². The third kappa shape index (κ3) is 1.16. The lowest BCUT2D eigenvalue weighted by atomic mass is 9.87. The zero-order valence-corrected chi connectivity index (χ0v) is 8.89. The van der Waals surface area contributed by atoms with Gasteiger partial charge in [-0.15, -0.1) is 0 Å². The largest absolute Gasteiger partial charge is 0.383 e. The molecule has 2 aliphatic heterocycles. The van der Waals surface area contributed by atoms with E-state index in [4.69, 9.17) is 0 Å². The fraction of sp³-hybridized carbons (Fsp3) is 0.417. The first-order valence-electron chi connectivity index (χ1n) is 5.54. The van der Waals surface area contributed by atoms with Crippen LogP contribution in [0, 0.1) is 0 Å². The molecule has 3 rings (SSSR count). The summed E-state index contributed by atoms with van der Waals surface area (Å²) in [5, 5.41) is 13.5. The number of fused-ring (bicyclic) bond motifs is 1. The molecule has 0 bridgehead atoms. The van der Waals surface area contributed by atoms with E-state index in [1.165, 1.54) is 0 Å². The quantitative estimate of drug-likeness (QED) is 0.728. The van der Waals surface area contributed by atoms with Crippen LogP contribution in [-0.4, -0.2) is 35.2 Å². The van der Waals surface area contributed by atoms with Gasteiger partial charge in [-0.1, -0.05) is 30.3 Å². The third-order valence-electron chi connectivity index (χ3n) is 3.64. The number of urea groups is 1. The van der Waals surface area contributed by atoms with Crippen molar-refractivity contribution in [2.45, 2.75) is 18.1 Å². The molecule has 0 aliphatic carbocycles. The predicted octanol–water partition coefficient (Wildman–Crippen LogP) is 0.672. The average molecular weight is 218 g/mol. The number of benzene rings is 1. The van der Waals surface area contributed by atoms with Gasteiger partial charge in [-0.25, -0.2) is 4.79 Å². The molecule has 2 aliphatic rings. The highest BCUT2D eigenvalue weighted by atomic mass is 16.3. The lowest BCUT2D eigenvalue weighted by Gasteiger charge is -2.29. The Morgan fingerprint density at radius 2 is 2.12 bits per heavy atom. The number of rotatable bonds is 1. The maximum atomic E-state index is 11.5. The van der Waals surface area contributed by atoms with E-state index in [0.29, 0.717) is 19.5 Å². The van der Waals surface area contributed by atoms with Crippen molar-refractivity contribution in [3.63, 3.8) is 0 Å². The molecule has 1 aromatic carbocycles. The molecule has 0 saturated carbocycles. The zero-order chi connectivity index (χ0) is 11.2. The standard InChI is InChI=1S/C12H14N2O2/c15-11-13-8-10-12(16,6-7-14(10)11)9-4-2-1-3-5-9/h1-5,10,16H,6-8H2,(H,13,15)/t10-,12-/m1/s1. The van der Waals surface area contributed by atoms with Crippen LogP contribution >= 0.6 is 0 Å². The Morgan fingerprint density at radius 1 is 1.38 bits per heavy atom. The van der Waals surface area contributed by atoms with Gasteiger partial charge in [0.05, 0.1) is 6.04 Å². The summed E-state index contributed by atoms with van der Waals surface area (Å²) in [6.07, 6.45) is 0.620. The van der Waals surface area contributed by atoms with Crippen LogP contribution in [0.5, 0.6) is 0 Å².